The highest BCUT2D eigenvalue weighted by molar-refractivity contribution is 6.03. The van der Waals surface area contributed by atoms with Gasteiger partial charge in [-0.2, -0.15) is 0 Å². The van der Waals surface area contributed by atoms with Crippen molar-refractivity contribution in [1.29, 1.82) is 0 Å². The van der Waals surface area contributed by atoms with Gasteiger partial charge in [-0.25, -0.2) is 4.98 Å². The molecule has 38 heavy (non-hydrogen) atoms. The van der Waals surface area contributed by atoms with E-state index in [1.807, 2.05) is 36.5 Å². The number of amides is 2. The molecule has 5 heterocycles. The number of carbonyl (C=O) groups is 2. The van der Waals surface area contributed by atoms with Crippen molar-refractivity contribution in [3.05, 3.63) is 97.6 Å². The van der Waals surface area contributed by atoms with Gasteiger partial charge in [-0.1, -0.05) is 26.5 Å². The van der Waals surface area contributed by atoms with Gasteiger partial charge in [0.05, 0.1) is 23.8 Å². The summed E-state index contributed by atoms with van der Waals surface area (Å²) in [5.74, 6) is -0.304. The second-order valence-corrected chi connectivity index (χ2v) is 8.99. The molecule has 0 aliphatic carbocycles. The summed E-state index contributed by atoms with van der Waals surface area (Å²) >= 11 is 0. The second kappa shape index (κ2) is 10.4. The fourth-order valence-electron chi connectivity index (χ4n) is 3.96. The summed E-state index contributed by atoms with van der Waals surface area (Å²) in [6.07, 6.45) is 11.4. The number of rotatable bonds is 7. The minimum absolute atomic E-state index is 0.296. The monoisotopic (exact) mass is 503 g/mol. The molecule has 188 valence electrons. The highest BCUT2D eigenvalue weighted by Gasteiger charge is 2.13. The number of aromatic nitrogens is 5. The number of fused-ring (bicyclic) bond motifs is 1. The molecule has 5 rings (SSSR count). The summed E-state index contributed by atoms with van der Waals surface area (Å²) in [7, 11) is 0. The van der Waals surface area contributed by atoms with Crippen LogP contribution in [0.25, 0.3) is 33.3 Å². The van der Waals surface area contributed by atoms with E-state index < -0.39 is 0 Å². The zero-order valence-corrected chi connectivity index (χ0v) is 20.9. The molecule has 3 N–H and O–H groups in total. The number of hydrogen-bond donors (Lipinski definition) is 3. The van der Waals surface area contributed by atoms with Crippen molar-refractivity contribution < 1.29 is 9.59 Å². The fraction of sp³-hybridized carbons (Fsp3) is 0.103. The minimum atomic E-state index is -0.311. The van der Waals surface area contributed by atoms with E-state index >= 15 is 0 Å². The van der Waals surface area contributed by atoms with Crippen LogP contribution in [0.15, 0.2) is 86.2 Å². The summed E-state index contributed by atoms with van der Waals surface area (Å²) in [5.41, 5.74) is 6.51. The van der Waals surface area contributed by atoms with Crippen LogP contribution in [0.1, 0.15) is 35.9 Å². The van der Waals surface area contributed by atoms with Crippen LogP contribution >= 0.6 is 0 Å². The van der Waals surface area contributed by atoms with E-state index in [9.17, 15) is 9.59 Å². The van der Waals surface area contributed by atoms with Gasteiger partial charge in [0, 0.05) is 58.1 Å². The first kappa shape index (κ1) is 24.5. The van der Waals surface area contributed by atoms with Gasteiger partial charge in [-0.3, -0.25) is 24.5 Å². The minimum Gasteiger partial charge on any atom is -0.346 e. The lowest BCUT2D eigenvalue weighted by molar-refractivity contribution is -0.111. The summed E-state index contributed by atoms with van der Waals surface area (Å²) < 4.78 is 0. The van der Waals surface area contributed by atoms with E-state index in [1.54, 1.807) is 37.1 Å². The summed E-state index contributed by atoms with van der Waals surface area (Å²) in [6, 6.07) is 11.1. The van der Waals surface area contributed by atoms with Crippen molar-refractivity contribution in [2.45, 2.75) is 19.8 Å². The molecular weight excluding hydrogens is 478 g/mol. The van der Waals surface area contributed by atoms with Crippen LogP contribution in [0, 0.1) is 0 Å². The van der Waals surface area contributed by atoms with Crippen LogP contribution in [0.3, 0.4) is 0 Å². The van der Waals surface area contributed by atoms with Crippen LogP contribution in [-0.4, -0.2) is 36.7 Å². The maximum Gasteiger partial charge on any atom is 0.274 e. The molecule has 0 saturated carbocycles. The average Bonchev–Trinajstić information content (AvgIpc) is 3.37. The number of H-pyrrole nitrogens is 1. The molecule has 0 aliphatic rings. The molecule has 0 atom stereocenters. The highest BCUT2D eigenvalue weighted by Crippen LogP contribution is 2.31. The maximum atomic E-state index is 12.7. The Hall–Kier alpha value is -5.18. The van der Waals surface area contributed by atoms with Gasteiger partial charge in [0.2, 0.25) is 5.91 Å². The quantitative estimate of drug-likeness (QED) is 0.249. The van der Waals surface area contributed by atoms with Crippen LogP contribution in [0.4, 0.5) is 11.4 Å². The average molecular weight is 504 g/mol. The van der Waals surface area contributed by atoms with E-state index in [2.05, 4.69) is 56.0 Å². The molecule has 9 nitrogen and oxygen atoms in total. The molecule has 0 spiro atoms. The maximum absolute atomic E-state index is 12.7. The molecule has 0 bridgehead atoms. The SMILES string of the molecule is C=CC(=O)Nc1cncc(-c2cnc3[nH]cc(-c4ccc(C(=O)Nc5ccc(C(C)C)nc5)nc4)c3c2)c1. The van der Waals surface area contributed by atoms with Gasteiger partial charge in [0.1, 0.15) is 11.3 Å². The van der Waals surface area contributed by atoms with E-state index in [1.165, 1.54) is 6.08 Å². The number of anilines is 2. The Balaban J connectivity index is 1.37. The second-order valence-electron chi connectivity index (χ2n) is 8.99. The Labute approximate surface area is 219 Å². The molecule has 5 aromatic heterocycles. The summed E-state index contributed by atoms with van der Waals surface area (Å²) in [5, 5.41) is 6.44. The molecule has 2 amide bonds. The Morgan fingerprint density at radius 2 is 1.68 bits per heavy atom. The first-order chi connectivity index (χ1) is 18.4. The van der Waals surface area contributed by atoms with E-state index in [0.717, 1.165) is 33.3 Å². The van der Waals surface area contributed by atoms with Gasteiger partial charge in [0.15, 0.2) is 0 Å². The molecule has 0 saturated heterocycles. The molecule has 0 fully saturated rings. The molecule has 0 unspecified atom stereocenters. The normalized spacial score (nSPS) is 10.9. The third-order valence-electron chi connectivity index (χ3n) is 6.00. The topological polar surface area (TPSA) is 126 Å². The van der Waals surface area contributed by atoms with E-state index in [-0.39, 0.29) is 11.8 Å². The molecular formula is C29H25N7O2. The van der Waals surface area contributed by atoms with Crippen molar-refractivity contribution in [2.24, 2.45) is 0 Å². The largest absolute Gasteiger partial charge is 0.346 e. The lowest BCUT2D eigenvalue weighted by atomic mass is 10.0. The number of carbonyl (C=O) groups excluding carboxylic acids is 2. The first-order valence-electron chi connectivity index (χ1n) is 12.0. The number of pyridine rings is 4. The van der Waals surface area contributed by atoms with Crippen molar-refractivity contribution >= 4 is 34.2 Å². The third kappa shape index (κ3) is 5.17. The zero-order chi connectivity index (χ0) is 26.6. The van der Waals surface area contributed by atoms with Gasteiger partial charge in [-0.05, 0) is 42.3 Å². The number of hydrogen-bond acceptors (Lipinski definition) is 6. The van der Waals surface area contributed by atoms with Crippen LogP contribution < -0.4 is 10.6 Å². The molecule has 0 aliphatic heterocycles. The van der Waals surface area contributed by atoms with Crippen molar-refractivity contribution in [3.8, 4) is 22.3 Å². The Kier molecular flexibility index (Phi) is 6.73. The van der Waals surface area contributed by atoms with Crippen molar-refractivity contribution in [3.63, 3.8) is 0 Å². The van der Waals surface area contributed by atoms with Gasteiger partial charge < -0.3 is 15.6 Å². The van der Waals surface area contributed by atoms with Crippen LogP contribution in [0.2, 0.25) is 0 Å². The predicted molar refractivity (Wildman–Crippen MR) is 148 cm³/mol. The van der Waals surface area contributed by atoms with E-state index in [4.69, 9.17) is 0 Å². The Morgan fingerprint density at radius 1 is 0.868 bits per heavy atom. The van der Waals surface area contributed by atoms with Crippen LogP contribution in [-0.2, 0) is 4.79 Å². The van der Waals surface area contributed by atoms with Gasteiger partial charge in [-0.15, -0.1) is 0 Å². The summed E-state index contributed by atoms with van der Waals surface area (Å²) in [4.78, 5) is 45.1. The smallest absolute Gasteiger partial charge is 0.274 e. The third-order valence-corrected chi connectivity index (χ3v) is 6.00. The highest BCUT2D eigenvalue weighted by atomic mass is 16.2. The first-order valence-corrected chi connectivity index (χ1v) is 12.0. The molecule has 5 aromatic rings. The standard InChI is InChI=1S/C29H25N7O2/c1-4-27(37)35-22-9-19(11-30-14-22)20-10-23-24(16-34-28(23)33-13-20)18-5-7-26(31-12-18)29(38)36-21-6-8-25(17(2)3)32-15-21/h4-17H,1H2,2-3H3,(H,33,34)(H,35,37)(H,36,38). The predicted octanol–water partition coefficient (Wildman–Crippen LogP) is 5.58. The molecule has 0 radical (unpaired) electrons. The Morgan fingerprint density at radius 3 is 2.39 bits per heavy atom. The van der Waals surface area contributed by atoms with Gasteiger partial charge >= 0.3 is 0 Å². The molecule has 9 heteroatoms. The Bertz CT molecular complexity index is 1640. The number of aromatic amines is 1. The zero-order valence-electron chi connectivity index (χ0n) is 20.9. The van der Waals surface area contributed by atoms with Crippen molar-refractivity contribution in [1.82, 2.24) is 24.9 Å². The lowest BCUT2D eigenvalue weighted by Gasteiger charge is -2.08. The van der Waals surface area contributed by atoms with Crippen LogP contribution in [0.5, 0.6) is 0 Å². The molecule has 0 aromatic carbocycles. The van der Waals surface area contributed by atoms with Crippen molar-refractivity contribution in [2.75, 3.05) is 10.6 Å². The number of nitrogens with one attached hydrogen (secondary N) is 3. The summed E-state index contributed by atoms with van der Waals surface area (Å²) in [6.45, 7) is 7.60. The van der Waals surface area contributed by atoms with Gasteiger partial charge in [0.25, 0.3) is 5.91 Å². The fourth-order valence-corrected chi connectivity index (χ4v) is 3.96. The number of nitrogens with zero attached hydrogens (tertiary/aromatic N) is 4. The lowest BCUT2D eigenvalue weighted by Crippen LogP contribution is -2.13. The van der Waals surface area contributed by atoms with E-state index in [0.29, 0.717) is 28.6 Å².